The zero-order valence-electron chi connectivity index (χ0n) is 9.75. The van der Waals surface area contributed by atoms with E-state index in [9.17, 15) is 4.79 Å². The standard InChI is InChI=1S/C12H7BrCl2N2O2S/c13-9-5-4-8(19-9)11(18)17-12(20)16-7-3-1-2-6(14)10(7)15/h1-5H,(H2,16,17,18,20). The van der Waals surface area contributed by atoms with Crippen LogP contribution in [0.15, 0.2) is 39.4 Å². The lowest BCUT2D eigenvalue weighted by atomic mass is 10.3. The molecule has 20 heavy (non-hydrogen) atoms. The summed E-state index contributed by atoms with van der Waals surface area (Å²) in [7, 11) is 0. The van der Waals surface area contributed by atoms with Crippen LogP contribution in [0, 0.1) is 0 Å². The van der Waals surface area contributed by atoms with Gasteiger partial charge < -0.3 is 9.73 Å². The van der Waals surface area contributed by atoms with E-state index < -0.39 is 5.91 Å². The average molecular weight is 394 g/mol. The molecule has 0 bridgehead atoms. The molecule has 0 radical (unpaired) electrons. The summed E-state index contributed by atoms with van der Waals surface area (Å²) in [5.74, 6) is -0.329. The third-order valence-electron chi connectivity index (χ3n) is 2.22. The van der Waals surface area contributed by atoms with Crippen molar-refractivity contribution in [1.82, 2.24) is 5.32 Å². The fourth-order valence-corrected chi connectivity index (χ4v) is 2.21. The maximum Gasteiger partial charge on any atom is 0.293 e. The summed E-state index contributed by atoms with van der Waals surface area (Å²) in [6, 6.07) is 8.19. The lowest BCUT2D eigenvalue weighted by molar-refractivity contribution is 0.0949. The van der Waals surface area contributed by atoms with Crippen LogP contribution in [0.3, 0.4) is 0 Å². The van der Waals surface area contributed by atoms with Crippen molar-refractivity contribution in [2.45, 2.75) is 0 Å². The quantitative estimate of drug-likeness (QED) is 0.738. The van der Waals surface area contributed by atoms with Crippen molar-refractivity contribution in [2.75, 3.05) is 5.32 Å². The molecule has 0 spiro atoms. The van der Waals surface area contributed by atoms with Gasteiger partial charge in [0.2, 0.25) is 0 Å². The van der Waals surface area contributed by atoms with Crippen molar-refractivity contribution in [3.63, 3.8) is 0 Å². The van der Waals surface area contributed by atoms with Gasteiger partial charge in [0.05, 0.1) is 15.7 Å². The topological polar surface area (TPSA) is 54.3 Å². The second-order valence-corrected chi connectivity index (χ2v) is 5.59. The highest BCUT2D eigenvalue weighted by Gasteiger charge is 2.13. The Morgan fingerprint density at radius 3 is 2.65 bits per heavy atom. The van der Waals surface area contributed by atoms with Gasteiger partial charge in [-0.2, -0.15) is 0 Å². The number of halogens is 3. The SMILES string of the molecule is O=C(NC(=S)Nc1cccc(Cl)c1Cl)c1ccc(Br)o1. The van der Waals surface area contributed by atoms with Crippen LogP contribution < -0.4 is 10.6 Å². The number of nitrogens with one attached hydrogen (secondary N) is 2. The second-order valence-electron chi connectivity index (χ2n) is 3.61. The van der Waals surface area contributed by atoms with E-state index in [4.69, 9.17) is 39.8 Å². The van der Waals surface area contributed by atoms with Crippen LogP contribution in [-0.2, 0) is 0 Å². The molecule has 1 amide bonds. The Balaban J connectivity index is 2.02. The largest absolute Gasteiger partial charge is 0.444 e. The van der Waals surface area contributed by atoms with Crippen molar-refractivity contribution in [2.24, 2.45) is 0 Å². The van der Waals surface area contributed by atoms with Crippen LogP contribution >= 0.6 is 51.3 Å². The molecule has 2 N–H and O–H groups in total. The average Bonchev–Trinajstić information content (AvgIpc) is 2.82. The molecule has 1 aromatic heterocycles. The number of benzene rings is 1. The van der Waals surface area contributed by atoms with Gasteiger partial charge in [0.25, 0.3) is 5.91 Å². The van der Waals surface area contributed by atoms with Crippen LogP contribution in [0.1, 0.15) is 10.6 Å². The third-order valence-corrected chi connectivity index (χ3v) is 3.67. The van der Waals surface area contributed by atoms with Gasteiger partial charge in [-0.3, -0.25) is 10.1 Å². The first-order valence-electron chi connectivity index (χ1n) is 5.29. The Kier molecular flexibility index (Phi) is 5.04. The van der Waals surface area contributed by atoms with E-state index in [1.165, 1.54) is 6.07 Å². The van der Waals surface area contributed by atoms with E-state index in [0.717, 1.165) is 0 Å². The highest BCUT2D eigenvalue weighted by Crippen LogP contribution is 2.29. The molecule has 0 saturated carbocycles. The summed E-state index contributed by atoms with van der Waals surface area (Å²) in [5.41, 5.74) is 0.505. The molecule has 4 nitrogen and oxygen atoms in total. The van der Waals surface area contributed by atoms with E-state index >= 15 is 0 Å². The Hall–Kier alpha value is -1.08. The van der Waals surface area contributed by atoms with Crippen molar-refractivity contribution in [3.05, 3.63) is 50.8 Å². The molecule has 0 aliphatic heterocycles. The molecular weight excluding hydrogens is 387 g/mol. The molecule has 0 fully saturated rings. The summed E-state index contributed by atoms with van der Waals surface area (Å²) in [6.07, 6.45) is 0. The van der Waals surface area contributed by atoms with Gasteiger partial charge >= 0.3 is 0 Å². The zero-order chi connectivity index (χ0) is 14.7. The number of thiocarbonyl (C=S) groups is 1. The molecule has 1 aromatic carbocycles. The molecule has 0 aliphatic carbocycles. The molecule has 0 aliphatic rings. The lowest BCUT2D eigenvalue weighted by Gasteiger charge is -2.10. The van der Waals surface area contributed by atoms with Gasteiger partial charge in [0.1, 0.15) is 0 Å². The number of furan rings is 1. The van der Waals surface area contributed by atoms with E-state index in [0.29, 0.717) is 20.4 Å². The van der Waals surface area contributed by atoms with Gasteiger partial charge in [-0.1, -0.05) is 29.3 Å². The normalized spacial score (nSPS) is 10.2. The van der Waals surface area contributed by atoms with Crippen molar-refractivity contribution in [3.8, 4) is 0 Å². The first-order valence-corrected chi connectivity index (χ1v) is 7.25. The van der Waals surface area contributed by atoms with Crippen LogP contribution in [0.5, 0.6) is 0 Å². The summed E-state index contributed by atoms with van der Waals surface area (Å²) in [6.45, 7) is 0. The van der Waals surface area contributed by atoms with Crippen LogP contribution in [-0.4, -0.2) is 11.0 Å². The molecule has 0 atom stereocenters. The van der Waals surface area contributed by atoms with E-state index in [1.807, 2.05) is 0 Å². The molecule has 2 rings (SSSR count). The smallest absolute Gasteiger partial charge is 0.293 e. The predicted molar refractivity (Wildman–Crippen MR) is 86.6 cm³/mol. The Morgan fingerprint density at radius 2 is 2.00 bits per heavy atom. The molecule has 8 heteroatoms. The summed E-state index contributed by atoms with van der Waals surface area (Å²) in [5, 5.41) is 6.06. The van der Waals surface area contributed by atoms with E-state index in [1.54, 1.807) is 24.3 Å². The Labute approximate surface area is 138 Å². The van der Waals surface area contributed by atoms with Gasteiger partial charge in [0, 0.05) is 0 Å². The minimum atomic E-state index is -0.466. The molecular formula is C12H7BrCl2N2O2S. The van der Waals surface area contributed by atoms with Crippen LogP contribution in [0.4, 0.5) is 5.69 Å². The number of hydrogen-bond acceptors (Lipinski definition) is 3. The van der Waals surface area contributed by atoms with Crippen molar-refractivity contribution < 1.29 is 9.21 Å². The monoisotopic (exact) mass is 392 g/mol. The van der Waals surface area contributed by atoms with Crippen LogP contribution in [0.2, 0.25) is 10.0 Å². The summed E-state index contributed by atoms with van der Waals surface area (Å²) >= 11 is 20.0. The molecule has 0 saturated heterocycles. The number of carbonyl (C=O) groups excluding carboxylic acids is 1. The Morgan fingerprint density at radius 1 is 1.25 bits per heavy atom. The maximum atomic E-state index is 11.8. The first-order chi connectivity index (χ1) is 9.47. The molecule has 0 unspecified atom stereocenters. The fraction of sp³-hybridized carbons (Fsp3) is 0. The minimum Gasteiger partial charge on any atom is -0.444 e. The third kappa shape index (κ3) is 3.73. The van der Waals surface area contributed by atoms with Gasteiger partial charge in [-0.15, -0.1) is 0 Å². The van der Waals surface area contributed by atoms with E-state index in [-0.39, 0.29) is 10.9 Å². The van der Waals surface area contributed by atoms with Gasteiger partial charge in [-0.25, -0.2) is 0 Å². The maximum absolute atomic E-state index is 11.8. The summed E-state index contributed by atoms with van der Waals surface area (Å²) < 4.78 is 5.57. The number of hydrogen-bond donors (Lipinski definition) is 2. The zero-order valence-corrected chi connectivity index (χ0v) is 13.7. The van der Waals surface area contributed by atoms with Gasteiger partial charge in [-0.05, 0) is 52.4 Å². The summed E-state index contributed by atoms with van der Waals surface area (Å²) in [4.78, 5) is 11.8. The lowest BCUT2D eigenvalue weighted by Crippen LogP contribution is -2.33. The number of amides is 1. The van der Waals surface area contributed by atoms with Crippen molar-refractivity contribution >= 4 is 68.1 Å². The minimum absolute atomic E-state index is 0.0895. The number of rotatable bonds is 2. The van der Waals surface area contributed by atoms with E-state index in [2.05, 4.69) is 26.6 Å². The first kappa shape index (κ1) is 15.3. The molecule has 1 heterocycles. The van der Waals surface area contributed by atoms with Gasteiger partial charge in [0.15, 0.2) is 15.5 Å². The van der Waals surface area contributed by atoms with Crippen LogP contribution in [0.25, 0.3) is 0 Å². The number of anilines is 1. The molecule has 2 aromatic rings. The molecule has 104 valence electrons. The fourth-order valence-electron chi connectivity index (χ4n) is 1.35. The second kappa shape index (κ2) is 6.58. The van der Waals surface area contributed by atoms with Crippen molar-refractivity contribution in [1.29, 1.82) is 0 Å². The number of carbonyl (C=O) groups is 1. The highest BCUT2D eigenvalue weighted by atomic mass is 79.9. The predicted octanol–water partition coefficient (Wildman–Crippen LogP) is 4.48. The highest BCUT2D eigenvalue weighted by molar-refractivity contribution is 9.10. The Bertz CT molecular complexity index is 675.